The Bertz CT molecular complexity index is 777. The van der Waals surface area contributed by atoms with Crippen molar-refractivity contribution in [1.29, 1.82) is 0 Å². The largest absolute Gasteiger partial charge is 0.479 e. The van der Waals surface area contributed by atoms with E-state index in [9.17, 15) is 4.79 Å². The predicted molar refractivity (Wildman–Crippen MR) is 93.3 cm³/mol. The van der Waals surface area contributed by atoms with Gasteiger partial charge in [-0.2, -0.15) is 0 Å². The van der Waals surface area contributed by atoms with Gasteiger partial charge in [0.1, 0.15) is 0 Å². The molecule has 6 heteroatoms. The lowest BCUT2D eigenvalue weighted by Gasteiger charge is -2.20. The number of pyridine rings is 1. The topological polar surface area (TPSA) is 60.3 Å². The van der Waals surface area contributed by atoms with Crippen molar-refractivity contribution in [3.05, 3.63) is 16.8 Å². The Morgan fingerprint density at radius 2 is 2.08 bits per heavy atom. The van der Waals surface area contributed by atoms with Gasteiger partial charge >= 0.3 is 0 Å². The van der Waals surface area contributed by atoms with E-state index in [0.29, 0.717) is 24.8 Å². The maximum absolute atomic E-state index is 12.5. The Morgan fingerprint density at radius 3 is 2.67 bits per heavy atom. The van der Waals surface area contributed by atoms with Gasteiger partial charge in [0.2, 0.25) is 11.8 Å². The van der Waals surface area contributed by atoms with Crippen LogP contribution in [0.5, 0.6) is 5.88 Å². The van der Waals surface area contributed by atoms with E-state index < -0.39 is 0 Å². The minimum atomic E-state index is 0.247. The van der Waals surface area contributed by atoms with Gasteiger partial charge in [-0.25, -0.2) is 9.67 Å². The fourth-order valence-electron chi connectivity index (χ4n) is 3.51. The SMILES string of the molecule is CCN(C(=O)CCc1c(C)nc2c(c(OC)nn2C)c1C)C1CC1. The average molecular weight is 330 g/mol. The molecule has 0 aliphatic heterocycles. The molecule has 130 valence electrons. The van der Waals surface area contributed by atoms with Crippen LogP contribution in [-0.2, 0) is 18.3 Å². The van der Waals surface area contributed by atoms with Gasteiger partial charge in [-0.15, -0.1) is 5.10 Å². The standard InChI is InChI=1S/C18H26N4O2/c1-6-22(13-7-8-13)15(23)10-9-14-11(2)16-17(19-12(14)3)21(4)20-18(16)24-5/h13H,6-10H2,1-5H3. The molecule has 1 fully saturated rings. The number of aryl methyl sites for hydroxylation is 3. The first-order valence-electron chi connectivity index (χ1n) is 8.64. The molecule has 0 spiro atoms. The maximum Gasteiger partial charge on any atom is 0.242 e. The third-order valence-corrected chi connectivity index (χ3v) is 4.95. The van der Waals surface area contributed by atoms with Crippen LogP contribution < -0.4 is 4.74 Å². The first-order valence-corrected chi connectivity index (χ1v) is 8.64. The molecular weight excluding hydrogens is 304 g/mol. The molecule has 6 nitrogen and oxygen atoms in total. The molecular formula is C18H26N4O2. The highest BCUT2D eigenvalue weighted by Gasteiger charge is 2.31. The van der Waals surface area contributed by atoms with Crippen LogP contribution in [0.2, 0.25) is 0 Å². The van der Waals surface area contributed by atoms with Gasteiger partial charge in [-0.05, 0) is 51.2 Å². The third-order valence-electron chi connectivity index (χ3n) is 4.95. The van der Waals surface area contributed by atoms with E-state index in [4.69, 9.17) is 9.72 Å². The van der Waals surface area contributed by atoms with E-state index in [1.807, 2.05) is 18.9 Å². The van der Waals surface area contributed by atoms with E-state index in [2.05, 4.69) is 18.9 Å². The lowest BCUT2D eigenvalue weighted by Crippen LogP contribution is -2.33. The Morgan fingerprint density at radius 1 is 1.38 bits per heavy atom. The molecule has 2 aromatic heterocycles. The van der Waals surface area contributed by atoms with Gasteiger partial charge in [0.05, 0.1) is 12.5 Å². The monoisotopic (exact) mass is 330 g/mol. The van der Waals surface area contributed by atoms with Crippen LogP contribution in [0.25, 0.3) is 11.0 Å². The van der Waals surface area contributed by atoms with Crippen molar-refractivity contribution in [3.63, 3.8) is 0 Å². The summed E-state index contributed by atoms with van der Waals surface area (Å²) in [5, 5.41) is 5.32. The second-order valence-corrected chi connectivity index (χ2v) is 6.54. The number of methoxy groups -OCH3 is 1. The van der Waals surface area contributed by atoms with Crippen molar-refractivity contribution in [2.75, 3.05) is 13.7 Å². The summed E-state index contributed by atoms with van der Waals surface area (Å²) in [6, 6.07) is 0.476. The summed E-state index contributed by atoms with van der Waals surface area (Å²) in [4.78, 5) is 19.2. The summed E-state index contributed by atoms with van der Waals surface area (Å²) in [6.07, 6.45) is 3.54. The summed E-state index contributed by atoms with van der Waals surface area (Å²) in [6.45, 7) is 6.93. The number of fused-ring (bicyclic) bond motifs is 1. The molecule has 1 saturated carbocycles. The van der Waals surface area contributed by atoms with Crippen molar-refractivity contribution in [2.45, 2.75) is 52.5 Å². The fraction of sp³-hybridized carbons (Fsp3) is 0.611. The lowest BCUT2D eigenvalue weighted by molar-refractivity contribution is -0.131. The second-order valence-electron chi connectivity index (χ2n) is 6.54. The summed E-state index contributed by atoms with van der Waals surface area (Å²) in [7, 11) is 3.49. The first kappa shape index (κ1) is 16.7. The minimum Gasteiger partial charge on any atom is -0.479 e. The smallest absolute Gasteiger partial charge is 0.242 e. The number of rotatable bonds is 6. The molecule has 0 bridgehead atoms. The zero-order valence-electron chi connectivity index (χ0n) is 15.2. The third kappa shape index (κ3) is 2.85. The molecule has 3 rings (SSSR count). The van der Waals surface area contributed by atoms with Gasteiger partial charge in [0.15, 0.2) is 5.65 Å². The zero-order valence-corrected chi connectivity index (χ0v) is 15.2. The highest BCUT2D eigenvalue weighted by Crippen LogP contribution is 2.31. The van der Waals surface area contributed by atoms with Gasteiger partial charge in [-0.1, -0.05) is 0 Å². The number of amides is 1. The molecule has 24 heavy (non-hydrogen) atoms. The van der Waals surface area contributed by atoms with Crippen molar-refractivity contribution in [1.82, 2.24) is 19.7 Å². The maximum atomic E-state index is 12.5. The number of hydrogen-bond acceptors (Lipinski definition) is 4. The van der Waals surface area contributed by atoms with E-state index in [1.54, 1.807) is 11.8 Å². The van der Waals surface area contributed by atoms with Crippen LogP contribution in [0.3, 0.4) is 0 Å². The van der Waals surface area contributed by atoms with Gasteiger partial charge in [0, 0.05) is 31.7 Å². The minimum absolute atomic E-state index is 0.247. The highest BCUT2D eigenvalue weighted by molar-refractivity contribution is 5.86. The number of ether oxygens (including phenoxy) is 1. The molecule has 0 N–H and O–H groups in total. The predicted octanol–water partition coefficient (Wildman–Crippen LogP) is 2.54. The molecule has 1 aliphatic carbocycles. The number of nitrogens with zero attached hydrogens (tertiary/aromatic N) is 4. The van der Waals surface area contributed by atoms with Gasteiger partial charge in [-0.3, -0.25) is 4.79 Å². The van der Waals surface area contributed by atoms with E-state index in [0.717, 1.165) is 47.2 Å². The Hall–Kier alpha value is -2.11. The van der Waals surface area contributed by atoms with Crippen LogP contribution in [0.1, 0.15) is 43.0 Å². The van der Waals surface area contributed by atoms with Crippen LogP contribution in [-0.4, -0.2) is 45.3 Å². The molecule has 1 amide bonds. The number of aromatic nitrogens is 3. The van der Waals surface area contributed by atoms with Crippen LogP contribution >= 0.6 is 0 Å². The molecule has 0 atom stereocenters. The molecule has 0 radical (unpaired) electrons. The van der Waals surface area contributed by atoms with Crippen LogP contribution in [0.4, 0.5) is 0 Å². The van der Waals surface area contributed by atoms with Gasteiger partial charge < -0.3 is 9.64 Å². The number of carbonyl (C=O) groups excluding carboxylic acids is 1. The lowest BCUT2D eigenvalue weighted by atomic mass is 10.00. The van der Waals surface area contributed by atoms with Crippen molar-refractivity contribution in [3.8, 4) is 5.88 Å². The Labute approximate surface area is 142 Å². The normalized spacial score (nSPS) is 14.2. The van der Waals surface area contributed by atoms with Crippen LogP contribution in [0.15, 0.2) is 0 Å². The molecule has 2 heterocycles. The Balaban J connectivity index is 1.87. The summed E-state index contributed by atoms with van der Waals surface area (Å²) >= 11 is 0. The zero-order chi connectivity index (χ0) is 17.4. The molecule has 1 aliphatic rings. The van der Waals surface area contributed by atoms with Crippen molar-refractivity contribution >= 4 is 16.9 Å². The Kier molecular flexibility index (Phi) is 4.47. The number of carbonyl (C=O) groups is 1. The fourth-order valence-corrected chi connectivity index (χ4v) is 3.51. The molecule has 0 aromatic carbocycles. The second kappa shape index (κ2) is 6.42. The average Bonchev–Trinajstić information content (AvgIpc) is 3.32. The highest BCUT2D eigenvalue weighted by atomic mass is 16.5. The summed E-state index contributed by atoms with van der Waals surface area (Å²) in [5.41, 5.74) is 4.04. The number of hydrogen-bond donors (Lipinski definition) is 0. The summed E-state index contributed by atoms with van der Waals surface area (Å²) in [5.74, 6) is 0.843. The van der Waals surface area contributed by atoms with E-state index in [1.165, 1.54) is 0 Å². The van der Waals surface area contributed by atoms with Gasteiger partial charge in [0.25, 0.3) is 0 Å². The molecule has 0 saturated heterocycles. The van der Waals surface area contributed by atoms with E-state index >= 15 is 0 Å². The van der Waals surface area contributed by atoms with Crippen molar-refractivity contribution in [2.24, 2.45) is 7.05 Å². The molecule has 2 aromatic rings. The quantitative estimate of drug-likeness (QED) is 0.816. The first-order chi connectivity index (χ1) is 11.5. The van der Waals surface area contributed by atoms with Crippen LogP contribution in [0, 0.1) is 13.8 Å². The molecule has 0 unspecified atom stereocenters. The van der Waals surface area contributed by atoms with Crippen molar-refractivity contribution < 1.29 is 9.53 Å². The van der Waals surface area contributed by atoms with E-state index in [-0.39, 0.29) is 5.91 Å². The summed E-state index contributed by atoms with van der Waals surface area (Å²) < 4.78 is 7.14.